The number of anilines is 6. The van der Waals surface area contributed by atoms with Gasteiger partial charge >= 0.3 is 0 Å². The van der Waals surface area contributed by atoms with Crippen LogP contribution in [0.25, 0.3) is 65.7 Å². The molecular formula is C76H54N2. The molecule has 2 heteroatoms. The second-order valence-corrected chi connectivity index (χ2v) is 21.6. The van der Waals surface area contributed by atoms with Gasteiger partial charge in [-0.1, -0.05) is 244 Å². The molecule has 0 unspecified atom stereocenters. The molecule has 0 N–H and O–H groups in total. The van der Waals surface area contributed by atoms with E-state index in [9.17, 15) is 0 Å². The van der Waals surface area contributed by atoms with Crippen LogP contribution in [0.5, 0.6) is 0 Å². The van der Waals surface area contributed by atoms with E-state index in [1.165, 1.54) is 99.1 Å². The number of hydrogen-bond donors (Lipinski definition) is 0. The molecule has 13 aromatic carbocycles. The van der Waals surface area contributed by atoms with Crippen LogP contribution >= 0.6 is 0 Å². The monoisotopic (exact) mass is 994 g/mol. The van der Waals surface area contributed by atoms with Gasteiger partial charge in [-0.2, -0.15) is 0 Å². The van der Waals surface area contributed by atoms with Crippen LogP contribution in [0.15, 0.2) is 291 Å². The Morgan fingerprint density at radius 3 is 1.24 bits per heavy atom. The zero-order valence-electron chi connectivity index (χ0n) is 43.6. The minimum absolute atomic E-state index is 0.337. The number of benzene rings is 13. The van der Waals surface area contributed by atoms with E-state index in [2.05, 4.69) is 315 Å². The average Bonchev–Trinajstić information content (AvgIpc) is 3.66. The van der Waals surface area contributed by atoms with E-state index in [1.54, 1.807) is 0 Å². The van der Waals surface area contributed by atoms with Gasteiger partial charge in [-0.05, 0) is 149 Å². The number of fused-ring (bicyclic) bond motifs is 7. The number of hydrogen-bond acceptors (Lipinski definition) is 2. The third kappa shape index (κ3) is 6.96. The van der Waals surface area contributed by atoms with E-state index in [1.807, 2.05) is 0 Å². The van der Waals surface area contributed by atoms with Crippen LogP contribution in [0.2, 0.25) is 0 Å². The van der Waals surface area contributed by atoms with Crippen LogP contribution in [0, 0.1) is 0 Å². The van der Waals surface area contributed by atoms with Crippen molar-refractivity contribution in [1.82, 2.24) is 0 Å². The molecule has 2 aliphatic rings. The smallest absolute Gasteiger partial charge is 0.0714 e. The molecule has 0 saturated heterocycles. The third-order valence-corrected chi connectivity index (χ3v) is 17.1. The molecule has 0 spiro atoms. The lowest BCUT2D eigenvalue weighted by molar-refractivity contribution is 0.660. The van der Waals surface area contributed by atoms with E-state index >= 15 is 0 Å². The van der Waals surface area contributed by atoms with E-state index in [0.29, 0.717) is 0 Å². The lowest BCUT2D eigenvalue weighted by Gasteiger charge is -2.42. The van der Waals surface area contributed by atoms with Gasteiger partial charge < -0.3 is 9.80 Å². The summed E-state index contributed by atoms with van der Waals surface area (Å²) in [6, 6.07) is 108. The van der Waals surface area contributed by atoms with Crippen LogP contribution in [0.4, 0.5) is 34.1 Å². The standard InChI is InChI=1S/C76H54N2/c1-75(2)69-48-59(42-45-64(69)65-46-44-61(49-70(65)75)78(72-36-18-24-53-22-12-14-32-62(53)72)73-37-19-25-54-23-13-15-33-63(54)73)77(58-40-38-52(39-41-58)51-20-6-3-7-21-51)60-43-47-66-67-34-16-26-55-27-17-35-68(74(55)67)76(71(66)50-60,56-28-8-4-9-29-56)57-30-10-5-11-31-57/h3-50H,1-2H3. The molecule has 2 nitrogen and oxygen atoms in total. The maximum atomic E-state index is 2.50. The van der Waals surface area contributed by atoms with Gasteiger partial charge in [0.1, 0.15) is 0 Å². The molecular weight excluding hydrogens is 941 g/mol. The summed E-state index contributed by atoms with van der Waals surface area (Å²) in [5, 5.41) is 7.42. The molecule has 0 aliphatic heterocycles. The predicted octanol–water partition coefficient (Wildman–Crippen LogP) is 20.4. The van der Waals surface area contributed by atoms with Gasteiger partial charge in [0.2, 0.25) is 0 Å². The van der Waals surface area contributed by atoms with Gasteiger partial charge in [0, 0.05) is 38.9 Å². The Morgan fingerprint density at radius 2 is 0.679 bits per heavy atom. The van der Waals surface area contributed by atoms with Crippen molar-refractivity contribution in [3.05, 3.63) is 325 Å². The summed E-state index contributed by atoms with van der Waals surface area (Å²) in [5.41, 5.74) is 20.9. The Kier molecular flexibility index (Phi) is 10.5. The normalized spacial score (nSPS) is 13.5. The molecule has 78 heavy (non-hydrogen) atoms. The average molecular weight is 995 g/mol. The summed E-state index contributed by atoms with van der Waals surface area (Å²) < 4.78 is 0. The molecule has 0 saturated carbocycles. The maximum Gasteiger partial charge on any atom is 0.0714 e. The fraction of sp³-hybridized carbons (Fsp3) is 0.0526. The molecule has 0 amide bonds. The topological polar surface area (TPSA) is 6.48 Å². The van der Waals surface area contributed by atoms with Crippen LogP contribution in [-0.4, -0.2) is 0 Å². The highest BCUT2D eigenvalue weighted by atomic mass is 15.2. The first kappa shape index (κ1) is 45.6. The van der Waals surface area contributed by atoms with Crippen molar-refractivity contribution < 1.29 is 0 Å². The summed E-state index contributed by atoms with van der Waals surface area (Å²) in [6.45, 7) is 4.82. The first-order valence-corrected chi connectivity index (χ1v) is 27.2. The molecule has 13 aromatic rings. The summed E-state index contributed by atoms with van der Waals surface area (Å²) in [4.78, 5) is 4.97. The molecule has 0 atom stereocenters. The number of nitrogens with zero attached hydrogens (tertiary/aromatic N) is 2. The van der Waals surface area contributed by atoms with E-state index in [-0.39, 0.29) is 5.41 Å². The highest BCUT2D eigenvalue weighted by Gasteiger charge is 2.45. The van der Waals surface area contributed by atoms with E-state index < -0.39 is 5.41 Å². The molecule has 0 radical (unpaired) electrons. The SMILES string of the molecule is CC1(C)c2cc(N(c3ccc(-c4ccccc4)cc3)c3ccc4c(c3)C(c3ccccc3)(c3ccccc3)c3cccc5cccc-4c35)ccc2-c2ccc(N(c3cccc4ccccc34)c3cccc4ccccc34)cc21. The first-order chi connectivity index (χ1) is 38.4. The minimum Gasteiger partial charge on any atom is -0.310 e. The fourth-order valence-corrected chi connectivity index (χ4v) is 13.5. The maximum absolute atomic E-state index is 2.50. The quantitative estimate of drug-likeness (QED) is 0.142. The lowest BCUT2D eigenvalue weighted by atomic mass is 9.59. The molecule has 0 aromatic heterocycles. The van der Waals surface area contributed by atoms with Crippen molar-refractivity contribution in [3.63, 3.8) is 0 Å². The van der Waals surface area contributed by atoms with Crippen molar-refractivity contribution in [2.24, 2.45) is 0 Å². The highest BCUT2D eigenvalue weighted by Crippen LogP contribution is 2.58. The van der Waals surface area contributed by atoms with Crippen LogP contribution in [-0.2, 0) is 10.8 Å². The Labute approximate surface area is 456 Å². The Balaban J connectivity index is 0.922. The Hall–Kier alpha value is -9.76. The van der Waals surface area contributed by atoms with Gasteiger partial charge in [0.05, 0.1) is 16.8 Å². The summed E-state index contributed by atoms with van der Waals surface area (Å²) in [7, 11) is 0. The Morgan fingerprint density at radius 1 is 0.269 bits per heavy atom. The largest absolute Gasteiger partial charge is 0.310 e. The van der Waals surface area contributed by atoms with Crippen LogP contribution < -0.4 is 9.80 Å². The van der Waals surface area contributed by atoms with Gasteiger partial charge in [-0.3, -0.25) is 0 Å². The van der Waals surface area contributed by atoms with Gasteiger partial charge in [-0.25, -0.2) is 0 Å². The zero-order chi connectivity index (χ0) is 52.0. The highest BCUT2D eigenvalue weighted by molar-refractivity contribution is 6.07. The van der Waals surface area contributed by atoms with E-state index in [4.69, 9.17) is 0 Å². The van der Waals surface area contributed by atoms with Gasteiger partial charge in [0.25, 0.3) is 0 Å². The second-order valence-electron chi connectivity index (χ2n) is 21.6. The van der Waals surface area contributed by atoms with Crippen molar-refractivity contribution in [1.29, 1.82) is 0 Å². The van der Waals surface area contributed by atoms with Gasteiger partial charge in [0.15, 0.2) is 0 Å². The molecule has 368 valence electrons. The molecule has 15 rings (SSSR count). The van der Waals surface area contributed by atoms with Crippen molar-refractivity contribution in [3.8, 4) is 33.4 Å². The number of rotatable bonds is 9. The third-order valence-electron chi connectivity index (χ3n) is 17.1. The molecule has 0 bridgehead atoms. The van der Waals surface area contributed by atoms with E-state index in [0.717, 1.165) is 34.1 Å². The van der Waals surface area contributed by atoms with Crippen molar-refractivity contribution in [2.45, 2.75) is 24.7 Å². The van der Waals surface area contributed by atoms with Crippen LogP contribution in [0.3, 0.4) is 0 Å². The summed E-state index contributed by atoms with van der Waals surface area (Å²) >= 11 is 0. The van der Waals surface area contributed by atoms with Crippen molar-refractivity contribution >= 4 is 66.4 Å². The van der Waals surface area contributed by atoms with Crippen molar-refractivity contribution in [2.75, 3.05) is 9.80 Å². The predicted molar refractivity (Wildman–Crippen MR) is 329 cm³/mol. The fourth-order valence-electron chi connectivity index (χ4n) is 13.5. The first-order valence-electron chi connectivity index (χ1n) is 27.2. The molecule has 0 heterocycles. The zero-order valence-corrected chi connectivity index (χ0v) is 43.6. The lowest BCUT2D eigenvalue weighted by Crippen LogP contribution is -2.34. The molecule has 0 fully saturated rings. The second kappa shape index (κ2) is 17.9. The molecule has 2 aliphatic carbocycles. The Bertz CT molecular complexity index is 4330. The summed E-state index contributed by atoms with van der Waals surface area (Å²) in [6.07, 6.45) is 0. The van der Waals surface area contributed by atoms with Gasteiger partial charge in [-0.15, -0.1) is 0 Å². The summed E-state index contributed by atoms with van der Waals surface area (Å²) in [5.74, 6) is 0. The minimum atomic E-state index is -0.615. The van der Waals surface area contributed by atoms with Crippen LogP contribution in [0.1, 0.15) is 47.2 Å².